The summed E-state index contributed by atoms with van der Waals surface area (Å²) < 4.78 is 55.6. The van der Waals surface area contributed by atoms with Crippen molar-refractivity contribution in [2.75, 3.05) is 19.7 Å². The maximum Gasteiger partial charge on any atom is 0.340 e. The van der Waals surface area contributed by atoms with Crippen LogP contribution in [-0.2, 0) is 6.54 Å². The number of aromatic nitrogens is 1. The number of hydrogen-bond donors (Lipinski definition) is 1. The second-order valence-corrected chi connectivity index (χ2v) is 7.84. The number of nitrogens with one attached hydrogen (secondary N) is 1. The molecule has 0 bridgehead atoms. The van der Waals surface area contributed by atoms with Crippen LogP contribution in [0.4, 0.5) is 17.6 Å². The fourth-order valence-corrected chi connectivity index (χ4v) is 4.07. The third-order valence-corrected chi connectivity index (χ3v) is 5.70. The van der Waals surface area contributed by atoms with E-state index in [0.29, 0.717) is 12.5 Å². The molecule has 0 atom stereocenters. The monoisotopic (exact) mass is 420 g/mol. The first-order valence-electron chi connectivity index (χ1n) is 10.1. The average Bonchev–Trinajstić information content (AvgIpc) is 3.17. The van der Waals surface area contributed by atoms with Gasteiger partial charge in [0.25, 0.3) is 0 Å². The van der Waals surface area contributed by atoms with E-state index in [1.54, 1.807) is 12.1 Å². The van der Waals surface area contributed by atoms with E-state index in [2.05, 4.69) is 34.3 Å². The molecule has 0 unspecified atom stereocenters. The molecule has 0 saturated carbocycles. The number of fused-ring (bicyclic) bond motifs is 1. The van der Waals surface area contributed by atoms with Crippen LogP contribution < -0.4 is 4.74 Å². The number of para-hydroxylation sites is 1. The second kappa shape index (κ2) is 8.68. The molecular weight excluding hydrogens is 396 g/mol. The number of benzene rings is 2. The number of halogens is 4. The Bertz CT molecular complexity index is 980. The van der Waals surface area contributed by atoms with Crippen LogP contribution in [0.2, 0.25) is 0 Å². The smallest absolute Gasteiger partial charge is 0.340 e. The molecule has 2 heterocycles. The quantitative estimate of drug-likeness (QED) is 0.488. The van der Waals surface area contributed by atoms with Crippen LogP contribution in [-0.4, -0.2) is 41.9 Å². The molecule has 0 spiro atoms. The lowest BCUT2D eigenvalue weighted by Gasteiger charge is -2.32. The van der Waals surface area contributed by atoms with Gasteiger partial charge in [-0.05, 0) is 61.2 Å². The SMILES string of the molecule is FC(F)C(F)(F)COc1cccc(CN2CCC(c3c[nH]c4ccccc34)CC2)c1. The summed E-state index contributed by atoms with van der Waals surface area (Å²) in [6.07, 6.45) is 0.456. The Morgan fingerprint density at radius 2 is 1.83 bits per heavy atom. The van der Waals surface area contributed by atoms with Gasteiger partial charge in [-0.2, -0.15) is 8.78 Å². The third kappa shape index (κ3) is 4.61. The Morgan fingerprint density at radius 3 is 2.60 bits per heavy atom. The van der Waals surface area contributed by atoms with Crippen LogP contribution in [0.15, 0.2) is 54.7 Å². The van der Waals surface area contributed by atoms with Gasteiger partial charge < -0.3 is 9.72 Å². The normalized spacial score (nSPS) is 16.4. The summed E-state index contributed by atoms with van der Waals surface area (Å²) in [5.41, 5.74) is 3.43. The van der Waals surface area contributed by atoms with E-state index in [1.807, 2.05) is 12.1 Å². The lowest BCUT2D eigenvalue weighted by molar-refractivity contribution is -0.148. The Balaban J connectivity index is 1.33. The van der Waals surface area contributed by atoms with Gasteiger partial charge in [-0.3, -0.25) is 4.90 Å². The zero-order valence-electron chi connectivity index (χ0n) is 16.5. The molecule has 1 saturated heterocycles. The van der Waals surface area contributed by atoms with Gasteiger partial charge in [-0.15, -0.1) is 0 Å². The highest BCUT2D eigenvalue weighted by atomic mass is 19.3. The van der Waals surface area contributed by atoms with Crippen molar-refractivity contribution in [2.45, 2.75) is 37.7 Å². The molecule has 3 aromatic rings. The maximum absolute atomic E-state index is 13.1. The molecule has 1 aliphatic heterocycles. The average molecular weight is 420 g/mol. The molecular formula is C23H24F4N2O. The summed E-state index contributed by atoms with van der Waals surface area (Å²) >= 11 is 0. The molecule has 0 amide bonds. The number of ether oxygens (including phenoxy) is 1. The summed E-state index contributed by atoms with van der Waals surface area (Å²) in [5, 5.41) is 1.28. The lowest BCUT2D eigenvalue weighted by Crippen LogP contribution is -2.34. The Morgan fingerprint density at radius 1 is 1.07 bits per heavy atom. The number of H-pyrrole nitrogens is 1. The predicted molar refractivity (Wildman–Crippen MR) is 108 cm³/mol. The molecule has 1 N–H and O–H groups in total. The van der Waals surface area contributed by atoms with Crippen LogP contribution in [0.1, 0.15) is 29.9 Å². The number of aromatic amines is 1. The van der Waals surface area contributed by atoms with Crippen LogP contribution >= 0.6 is 0 Å². The van der Waals surface area contributed by atoms with Gasteiger partial charge in [0, 0.05) is 23.6 Å². The maximum atomic E-state index is 13.1. The highest BCUT2D eigenvalue weighted by molar-refractivity contribution is 5.83. The van der Waals surface area contributed by atoms with E-state index < -0.39 is 19.0 Å². The van der Waals surface area contributed by atoms with Gasteiger partial charge in [-0.1, -0.05) is 30.3 Å². The fraction of sp³-hybridized carbons (Fsp3) is 0.391. The molecule has 2 aromatic carbocycles. The first-order valence-corrected chi connectivity index (χ1v) is 10.1. The van der Waals surface area contributed by atoms with E-state index in [9.17, 15) is 17.6 Å². The van der Waals surface area contributed by atoms with Crippen LogP contribution in [0.3, 0.4) is 0 Å². The van der Waals surface area contributed by atoms with Crippen molar-refractivity contribution in [1.82, 2.24) is 9.88 Å². The molecule has 1 aromatic heterocycles. The van der Waals surface area contributed by atoms with Crippen molar-refractivity contribution < 1.29 is 22.3 Å². The van der Waals surface area contributed by atoms with Gasteiger partial charge in [0.2, 0.25) is 0 Å². The van der Waals surface area contributed by atoms with Crippen molar-refractivity contribution in [2.24, 2.45) is 0 Å². The third-order valence-electron chi connectivity index (χ3n) is 5.70. The number of alkyl halides is 4. The molecule has 30 heavy (non-hydrogen) atoms. The molecule has 4 rings (SSSR count). The van der Waals surface area contributed by atoms with Gasteiger partial charge in [0.15, 0.2) is 6.61 Å². The molecule has 0 aliphatic carbocycles. The number of piperidine rings is 1. The van der Waals surface area contributed by atoms with Crippen molar-refractivity contribution in [3.63, 3.8) is 0 Å². The Hall–Kier alpha value is -2.54. The van der Waals surface area contributed by atoms with Crippen LogP contribution in [0.5, 0.6) is 5.75 Å². The van der Waals surface area contributed by atoms with E-state index in [1.165, 1.54) is 17.0 Å². The van der Waals surface area contributed by atoms with Crippen LogP contribution in [0.25, 0.3) is 10.9 Å². The van der Waals surface area contributed by atoms with E-state index >= 15 is 0 Å². The van der Waals surface area contributed by atoms with Gasteiger partial charge in [-0.25, -0.2) is 8.78 Å². The molecule has 7 heteroatoms. The minimum absolute atomic E-state index is 0.182. The van der Waals surface area contributed by atoms with Crippen molar-refractivity contribution in [1.29, 1.82) is 0 Å². The second-order valence-electron chi connectivity index (χ2n) is 7.84. The fourth-order valence-electron chi connectivity index (χ4n) is 4.07. The minimum atomic E-state index is -4.15. The standard InChI is InChI=1S/C23H24F4N2O/c24-22(25)23(26,27)15-30-18-5-3-4-16(12-18)14-29-10-8-17(9-11-29)20-13-28-21-7-2-1-6-19(20)21/h1-7,12-13,17,22,28H,8-11,14-15H2. The summed E-state index contributed by atoms with van der Waals surface area (Å²) in [4.78, 5) is 5.66. The largest absolute Gasteiger partial charge is 0.487 e. The van der Waals surface area contributed by atoms with Gasteiger partial charge in [0.05, 0.1) is 0 Å². The molecule has 1 fully saturated rings. The van der Waals surface area contributed by atoms with Gasteiger partial charge in [0.1, 0.15) is 5.75 Å². The van der Waals surface area contributed by atoms with Crippen molar-refractivity contribution >= 4 is 10.9 Å². The molecule has 1 aliphatic rings. The predicted octanol–water partition coefficient (Wildman–Crippen LogP) is 5.83. The highest BCUT2D eigenvalue weighted by Crippen LogP contribution is 2.33. The Labute approximate surface area is 172 Å². The van der Waals surface area contributed by atoms with E-state index in [4.69, 9.17) is 4.74 Å². The highest BCUT2D eigenvalue weighted by Gasteiger charge is 2.41. The summed E-state index contributed by atoms with van der Waals surface area (Å²) in [6.45, 7) is 1.20. The molecule has 0 radical (unpaired) electrons. The minimum Gasteiger partial charge on any atom is -0.487 e. The summed E-state index contributed by atoms with van der Waals surface area (Å²) in [7, 11) is 0. The number of hydrogen-bond acceptors (Lipinski definition) is 2. The van der Waals surface area contributed by atoms with E-state index in [0.717, 1.165) is 37.0 Å². The first kappa shape index (κ1) is 20.7. The zero-order valence-corrected chi connectivity index (χ0v) is 16.5. The van der Waals surface area contributed by atoms with Crippen molar-refractivity contribution in [3.05, 3.63) is 65.9 Å². The Kier molecular flexibility index (Phi) is 5.99. The summed E-state index contributed by atoms with van der Waals surface area (Å²) in [5.74, 6) is -3.47. The first-order chi connectivity index (χ1) is 14.4. The van der Waals surface area contributed by atoms with E-state index in [-0.39, 0.29) is 5.75 Å². The summed E-state index contributed by atoms with van der Waals surface area (Å²) in [6, 6.07) is 15.1. The molecule has 3 nitrogen and oxygen atoms in total. The number of rotatable bonds is 7. The van der Waals surface area contributed by atoms with Crippen LogP contribution in [0, 0.1) is 0 Å². The van der Waals surface area contributed by atoms with Gasteiger partial charge >= 0.3 is 12.3 Å². The number of nitrogens with zero attached hydrogens (tertiary/aromatic N) is 1. The number of likely N-dealkylation sites (tertiary alicyclic amines) is 1. The zero-order chi connectivity index (χ0) is 21.1. The topological polar surface area (TPSA) is 28.3 Å². The lowest BCUT2D eigenvalue weighted by atomic mass is 9.89. The molecule has 160 valence electrons. The van der Waals surface area contributed by atoms with Crippen molar-refractivity contribution in [3.8, 4) is 5.75 Å².